The second kappa shape index (κ2) is 8.93. The number of aryl methyl sites for hydroxylation is 1. The summed E-state index contributed by atoms with van der Waals surface area (Å²) in [5.74, 6) is -0.751. The van der Waals surface area contributed by atoms with Gasteiger partial charge in [0.2, 0.25) is 11.8 Å². The molecule has 1 aliphatic carbocycles. The van der Waals surface area contributed by atoms with Crippen molar-refractivity contribution < 1.29 is 14.4 Å². The number of imide groups is 1. The number of rotatable bonds is 4. The first-order valence-electron chi connectivity index (χ1n) is 13.2. The lowest BCUT2D eigenvalue weighted by atomic mass is 9.98. The third-order valence-corrected chi connectivity index (χ3v) is 9.70. The number of piperidine rings is 1. The number of fused-ring (bicyclic) bond motifs is 2. The van der Waals surface area contributed by atoms with Crippen molar-refractivity contribution in [3.8, 4) is 17.3 Å². The first-order valence-corrected chi connectivity index (χ1v) is 14.0. The fraction of sp³-hybridized carbons (Fsp3) is 0.448. The number of likely N-dealkylation sites (tertiary alicyclic amines) is 1. The van der Waals surface area contributed by atoms with Crippen LogP contribution in [-0.2, 0) is 16.1 Å². The maximum absolute atomic E-state index is 14.0. The Kier molecular flexibility index (Phi) is 5.86. The van der Waals surface area contributed by atoms with Crippen molar-refractivity contribution in [3.63, 3.8) is 0 Å². The largest absolute Gasteiger partial charge is 0.333 e. The summed E-state index contributed by atoms with van der Waals surface area (Å²) in [7, 11) is 2.05. The van der Waals surface area contributed by atoms with Gasteiger partial charge in [0, 0.05) is 42.3 Å². The lowest BCUT2D eigenvalue weighted by molar-refractivity contribution is -0.143. The molecule has 3 fully saturated rings. The number of thiophene rings is 1. The fourth-order valence-corrected chi connectivity index (χ4v) is 7.46. The molecule has 0 N–H and O–H groups in total. The van der Waals surface area contributed by atoms with Gasteiger partial charge in [-0.05, 0) is 50.1 Å². The molecule has 0 radical (unpaired) electrons. The number of likely N-dealkylation sites (N-methyl/N-ethyl adjacent to an activating group) is 1. The zero-order valence-corrected chi connectivity index (χ0v) is 23.5. The highest BCUT2D eigenvalue weighted by Crippen LogP contribution is 2.63. The van der Waals surface area contributed by atoms with Crippen molar-refractivity contribution in [2.45, 2.75) is 40.3 Å². The normalized spacial score (nSPS) is 24.3. The number of nitrogens with zero attached hydrogens (tertiary/aromatic N) is 6. The van der Waals surface area contributed by atoms with Crippen LogP contribution in [0.1, 0.15) is 47.3 Å². The highest BCUT2D eigenvalue weighted by Gasteiger charge is 2.72. The van der Waals surface area contributed by atoms with Gasteiger partial charge in [0.05, 0.1) is 39.9 Å². The van der Waals surface area contributed by atoms with E-state index in [0.29, 0.717) is 34.4 Å². The van der Waals surface area contributed by atoms with Crippen LogP contribution in [0, 0.1) is 35.5 Å². The van der Waals surface area contributed by atoms with Crippen molar-refractivity contribution in [1.82, 2.24) is 24.7 Å². The van der Waals surface area contributed by atoms with Crippen LogP contribution < -0.4 is 0 Å². The molecule has 2 unspecified atom stereocenters. The summed E-state index contributed by atoms with van der Waals surface area (Å²) in [4.78, 5) is 55.2. The standard InChI is InChI=1S/C29H30N6O3S/c1-15-10-17(12-30)32-24(21(15)26(36)34-9-8-33(5)13-16(34)2)19-6-7-31-20-11-18(39-25(19)20)14-35-27(37)22-23(28(35)38)29(22,3)4/h6-7,10-11,16,22-23H,8-9,13-14H2,1-5H3/t16-,22?,23?/m0/s1. The van der Waals surface area contributed by atoms with Gasteiger partial charge in [-0.3, -0.25) is 24.3 Å². The molecule has 3 aromatic heterocycles. The Balaban J connectivity index is 1.40. The van der Waals surface area contributed by atoms with Gasteiger partial charge in [-0.15, -0.1) is 11.3 Å². The van der Waals surface area contributed by atoms with Crippen LogP contribution in [0.15, 0.2) is 24.4 Å². The van der Waals surface area contributed by atoms with Crippen molar-refractivity contribution in [2.24, 2.45) is 17.3 Å². The fourth-order valence-electron chi connectivity index (χ4n) is 6.35. The predicted octanol–water partition coefficient (Wildman–Crippen LogP) is 3.46. The molecule has 2 aliphatic heterocycles. The zero-order valence-electron chi connectivity index (χ0n) is 22.7. The number of carbonyl (C=O) groups is 3. The topological polar surface area (TPSA) is 110 Å². The number of carbonyl (C=O) groups excluding carboxylic acids is 3. The van der Waals surface area contributed by atoms with E-state index in [1.807, 2.05) is 51.8 Å². The second-order valence-corrected chi connectivity index (χ2v) is 12.7. The molecule has 2 saturated heterocycles. The Morgan fingerprint density at radius 1 is 1.21 bits per heavy atom. The smallest absolute Gasteiger partial charge is 0.256 e. The van der Waals surface area contributed by atoms with Crippen molar-refractivity contribution >= 4 is 39.3 Å². The number of piperazine rings is 1. The van der Waals surface area contributed by atoms with E-state index in [4.69, 9.17) is 0 Å². The summed E-state index contributed by atoms with van der Waals surface area (Å²) in [5.41, 5.74) is 3.04. The van der Waals surface area contributed by atoms with Crippen LogP contribution in [0.2, 0.25) is 0 Å². The van der Waals surface area contributed by atoms with Crippen LogP contribution in [0.3, 0.4) is 0 Å². The number of hydrogen-bond acceptors (Lipinski definition) is 8. The lowest BCUT2D eigenvalue weighted by Crippen LogP contribution is -2.52. The van der Waals surface area contributed by atoms with Crippen LogP contribution in [0.25, 0.3) is 21.5 Å². The van der Waals surface area contributed by atoms with Crippen molar-refractivity contribution in [2.75, 3.05) is 26.7 Å². The van der Waals surface area contributed by atoms with Crippen molar-refractivity contribution in [1.29, 1.82) is 5.26 Å². The molecule has 3 aromatic rings. The minimum atomic E-state index is -0.251. The van der Waals surface area contributed by atoms with Gasteiger partial charge in [0.1, 0.15) is 11.8 Å². The molecular formula is C29H30N6O3S. The number of aromatic nitrogens is 2. The van der Waals surface area contributed by atoms with E-state index in [0.717, 1.165) is 22.7 Å². The average Bonchev–Trinajstić information content (AvgIpc) is 3.13. The zero-order chi connectivity index (χ0) is 27.8. The van der Waals surface area contributed by atoms with E-state index in [9.17, 15) is 19.6 Å². The van der Waals surface area contributed by atoms with Gasteiger partial charge in [-0.2, -0.15) is 5.26 Å². The highest BCUT2D eigenvalue weighted by atomic mass is 32.1. The molecule has 5 heterocycles. The maximum atomic E-state index is 14.0. The third kappa shape index (κ3) is 3.95. The second-order valence-electron chi connectivity index (χ2n) is 11.6. The Bertz CT molecular complexity index is 1580. The number of pyridine rings is 2. The number of hydrogen-bond donors (Lipinski definition) is 0. The van der Waals surface area contributed by atoms with E-state index >= 15 is 0 Å². The van der Waals surface area contributed by atoms with Gasteiger partial charge in [-0.25, -0.2) is 4.98 Å². The van der Waals surface area contributed by atoms with Gasteiger partial charge in [0.15, 0.2) is 0 Å². The minimum Gasteiger partial charge on any atom is -0.333 e. The van der Waals surface area contributed by atoms with Gasteiger partial charge in [0.25, 0.3) is 5.91 Å². The van der Waals surface area contributed by atoms with E-state index in [-0.39, 0.29) is 53.3 Å². The molecule has 3 atom stereocenters. The Hall–Kier alpha value is -3.68. The summed E-state index contributed by atoms with van der Waals surface area (Å²) in [6, 6.07) is 7.54. The van der Waals surface area contributed by atoms with E-state index in [1.54, 1.807) is 12.3 Å². The molecule has 0 bridgehead atoms. The molecule has 3 aliphatic rings. The molecular weight excluding hydrogens is 512 g/mol. The minimum absolute atomic E-state index is 0.0386. The summed E-state index contributed by atoms with van der Waals surface area (Å²) in [6.07, 6.45) is 1.67. The predicted molar refractivity (Wildman–Crippen MR) is 147 cm³/mol. The monoisotopic (exact) mass is 542 g/mol. The SMILES string of the molecule is Cc1cc(C#N)nc(-c2ccnc3cc(CN4C(=O)C5C(C4=O)C5(C)C)sc23)c1C(=O)N1CCN(C)C[C@@H]1C. The maximum Gasteiger partial charge on any atom is 0.256 e. The van der Waals surface area contributed by atoms with E-state index in [1.165, 1.54) is 16.2 Å². The van der Waals surface area contributed by atoms with Crippen LogP contribution in [0.5, 0.6) is 0 Å². The van der Waals surface area contributed by atoms with Crippen LogP contribution in [-0.4, -0.2) is 75.1 Å². The van der Waals surface area contributed by atoms with Crippen molar-refractivity contribution in [3.05, 3.63) is 46.1 Å². The lowest BCUT2D eigenvalue weighted by Gasteiger charge is -2.38. The Morgan fingerprint density at radius 2 is 1.92 bits per heavy atom. The number of nitriles is 1. The molecule has 0 spiro atoms. The first-order chi connectivity index (χ1) is 18.5. The quantitative estimate of drug-likeness (QED) is 0.464. The molecule has 9 nitrogen and oxygen atoms in total. The van der Waals surface area contributed by atoms with Gasteiger partial charge in [-0.1, -0.05) is 13.8 Å². The summed E-state index contributed by atoms with van der Waals surface area (Å²) in [5, 5.41) is 9.68. The summed E-state index contributed by atoms with van der Waals surface area (Å²) >= 11 is 1.44. The summed E-state index contributed by atoms with van der Waals surface area (Å²) < 4.78 is 0.805. The van der Waals surface area contributed by atoms with Crippen LogP contribution in [0.4, 0.5) is 0 Å². The molecule has 0 aromatic carbocycles. The first kappa shape index (κ1) is 25.6. The van der Waals surface area contributed by atoms with E-state index < -0.39 is 0 Å². The molecule has 200 valence electrons. The molecule has 10 heteroatoms. The average molecular weight is 543 g/mol. The Labute approximate surface area is 231 Å². The van der Waals surface area contributed by atoms with Gasteiger partial charge >= 0.3 is 0 Å². The summed E-state index contributed by atoms with van der Waals surface area (Å²) in [6.45, 7) is 10.2. The number of amides is 3. The molecule has 39 heavy (non-hydrogen) atoms. The van der Waals surface area contributed by atoms with Crippen LogP contribution >= 0.6 is 11.3 Å². The van der Waals surface area contributed by atoms with E-state index in [2.05, 4.69) is 20.9 Å². The highest BCUT2D eigenvalue weighted by molar-refractivity contribution is 7.19. The molecule has 3 amide bonds. The Morgan fingerprint density at radius 3 is 2.59 bits per heavy atom. The third-order valence-electron chi connectivity index (χ3n) is 8.56. The molecule has 1 saturated carbocycles. The molecule has 6 rings (SSSR count). The van der Waals surface area contributed by atoms with Gasteiger partial charge < -0.3 is 9.80 Å².